The van der Waals surface area contributed by atoms with Crippen LogP contribution in [-0.4, -0.2) is 29.1 Å². The fraction of sp³-hybridized carbons (Fsp3) is 0.0952. The number of rotatable bonds is 7. The molecule has 0 radical (unpaired) electrons. The minimum absolute atomic E-state index is 0.0998. The van der Waals surface area contributed by atoms with E-state index in [1.165, 1.54) is 10.9 Å². The van der Waals surface area contributed by atoms with Crippen molar-refractivity contribution in [2.75, 3.05) is 17.3 Å². The quantitative estimate of drug-likeness (QED) is 0.491. The third-order valence-corrected chi connectivity index (χ3v) is 4.57. The van der Waals surface area contributed by atoms with E-state index >= 15 is 0 Å². The Morgan fingerprint density at radius 2 is 1.60 bits per heavy atom. The number of ether oxygens (including phenoxy) is 1. The average molecular weight is 471 g/mol. The fourth-order valence-electron chi connectivity index (χ4n) is 2.53. The smallest absolute Gasteiger partial charge is 0.407 e. The van der Waals surface area contributed by atoms with Gasteiger partial charge in [-0.1, -0.05) is 48.5 Å². The van der Waals surface area contributed by atoms with Crippen molar-refractivity contribution < 1.29 is 19.1 Å². The molecule has 30 heavy (non-hydrogen) atoms. The molecule has 0 unspecified atom stereocenters. The van der Waals surface area contributed by atoms with Crippen LogP contribution < -0.4 is 16.1 Å². The van der Waals surface area contributed by atoms with Crippen molar-refractivity contribution in [1.29, 1.82) is 0 Å². The number of hydrogen-bond acceptors (Lipinski definition) is 4. The van der Waals surface area contributed by atoms with Crippen molar-refractivity contribution in [3.05, 3.63) is 88.7 Å². The molecular weight excluding hydrogens is 452 g/mol. The summed E-state index contributed by atoms with van der Waals surface area (Å²) in [6.45, 7) is -0.216. The summed E-state index contributed by atoms with van der Waals surface area (Å²) in [4.78, 5) is 36.5. The van der Waals surface area contributed by atoms with Crippen molar-refractivity contribution in [2.45, 2.75) is 6.61 Å². The van der Waals surface area contributed by atoms with Gasteiger partial charge in [-0.05, 0) is 39.7 Å². The van der Waals surface area contributed by atoms with E-state index in [0.717, 1.165) is 5.56 Å². The molecule has 0 bridgehead atoms. The SMILES string of the molecule is O=C(CNC(=O)OCc1ccccc1)Nn1ccc(Br)c1C(=O)Nc1ccccc1. The molecule has 154 valence electrons. The van der Waals surface area contributed by atoms with Gasteiger partial charge >= 0.3 is 6.09 Å². The molecule has 8 nitrogen and oxygen atoms in total. The Balaban J connectivity index is 1.51. The lowest BCUT2D eigenvalue weighted by Gasteiger charge is -2.12. The van der Waals surface area contributed by atoms with Gasteiger partial charge in [0.1, 0.15) is 18.8 Å². The minimum atomic E-state index is -0.718. The standard InChI is InChI=1S/C21H19BrN4O4/c22-17-11-12-26(19(17)20(28)24-16-9-5-2-6-10-16)25-18(27)13-23-21(29)30-14-15-7-3-1-4-8-15/h1-12H,13-14H2,(H,23,29)(H,24,28)(H,25,27). The number of nitrogens with zero attached hydrogens (tertiary/aromatic N) is 1. The van der Waals surface area contributed by atoms with E-state index in [9.17, 15) is 14.4 Å². The first-order valence-corrected chi connectivity index (χ1v) is 9.80. The monoisotopic (exact) mass is 470 g/mol. The lowest BCUT2D eigenvalue weighted by Crippen LogP contribution is -2.37. The molecule has 3 N–H and O–H groups in total. The molecule has 0 saturated carbocycles. The highest BCUT2D eigenvalue weighted by Crippen LogP contribution is 2.19. The van der Waals surface area contributed by atoms with E-state index in [1.807, 2.05) is 36.4 Å². The molecule has 0 aliphatic rings. The van der Waals surface area contributed by atoms with Gasteiger partial charge in [-0.3, -0.25) is 19.7 Å². The van der Waals surface area contributed by atoms with Crippen LogP contribution in [0.1, 0.15) is 16.1 Å². The van der Waals surface area contributed by atoms with E-state index in [2.05, 4.69) is 32.0 Å². The van der Waals surface area contributed by atoms with E-state index in [1.54, 1.807) is 30.3 Å². The molecule has 3 amide bonds. The van der Waals surface area contributed by atoms with Gasteiger partial charge in [-0.25, -0.2) is 4.79 Å². The molecule has 0 atom stereocenters. The Hall–Kier alpha value is -3.59. The lowest BCUT2D eigenvalue weighted by molar-refractivity contribution is -0.116. The first kappa shape index (κ1) is 21.1. The zero-order valence-electron chi connectivity index (χ0n) is 15.8. The van der Waals surface area contributed by atoms with Gasteiger partial charge in [0.25, 0.3) is 11.8 Å². The Morgan fingerprint density at radius 1 is 0.933 bits per heavy atom. The van der Waals surface area contributed by atoms with Crippen LogP contribution in [0, 0.1) is 0 Å². The summed E-state index contributed by atoms with van der Waals surface area (Å²) in [5.74, 6) is -0.933. The van der Waals surface area contributed by atoms with E-state index < -0.39 is 17.9 Å². The zero-order valence-corrected chi connectivity index (χ0v) is 17.4. The molecule has 1 heterocycles. The number of hydrogen-bond donors (Lipinski definition) is 3. The Bertz CT molecular complexity index is 1020. The van der Waals surface area contributed by atoms with Crippen LogP contribution in [0.25, 0.3) is 0 Å². The van der Waals surface area contributed by atoms with Gasteiger partial charge in [-0.2, -0.15) is 0 Å². The number of benzene rings is 2. The Morgan fingerprint density at radius 3 is 2.30 bits per heavy atom. The molecular formula is C21H19BrN4O4. The number of anilines is 1. The maximum atomic E-state index is 12.6. The summed E-state index contributed by atoms with van der Waals surface area (Å²) >= 11 is 3.30. The van der Waals surface area contributed by atoms with Crippen LogP contribution in [0.15, 0.2) is 77.4 Å². The average Bonchev–Trinajstić information content (AvgIpc) is 3.12. The number of halogens is 1. The lowest BCUT2D eigenvalue weighted by atomic mass is 10.2. The molecule has 0 aliphatic heterocycles. The summed E-state index contributed by atoms with van der Waals surface area (Å²) in [7, 11) is 0. The number of carbonyl (C=O) groups is 3. The fourth-order valence-corrected chi connectivity index (χ4v) is 3.02. The molecule has 0 spiro atoms. The van der Waals surface area contributed by atoms with E-state index in [4.69, 9.17) is 4.74 Å². The van der Waals surface area contributed by atoms with Gasteiger partial charge in [0, 0.05) is 11.9 Å². The second-order valence-electron chi connectivity index (χ2n) is 6.15. The van der Waals surface area contributed by atoms with Crippen molar-refractivity contribution in [2.24, 2.45) is 0 Å². The highest BCUT2D eigenvalue weighted by molar-refractivity contribution is 9.10. The number of nitrogens with one attached hydrogen (secondary N) is 3. The van der Waals surface area contributed by atoms with Crippen LogP contribution in [0.3, 0.4) is 0 Å². The van der Waals surface area contributed by atoms with Gasteiger partial charge in [-0.15, -0.1) is 0 Å². The van der Waals surface area contributed by atoms with E-state index in [-0.39, 0.29) is 18.8 Å². The molecule has 0 aliphatic carbocycles. The topological polar surface area (TPSA) is 101 Å². The summed E-state index contributed by atoms with van der Waals surface area (Å²) in [6, 6.07) is 19.8. The predicted octanol–water partition coefficient (Wildman–Crippen LogP) is 3.50. The summed E-state index contributed by atoms with van der Waals surface area (Å²) in [5, 5.41) is 5.12. The zero-order chi connectivity index (χ0) is 21.3. The van der Waals surface area contributed by atoms with E-state index in [0.29, 0.717) is 10.2 Å². The van der Waals surface area contributed by atoms with Gasteiger partial charge < -0.3 is 15.4 Å². The first-order chi connectivity index (χ1) is 14.5. The van der Waals surface area contributed by atoms with Crippen LogP contribution in [0.4, 0.5) is 10.5 Å². The molecule has 0 fully saturated rings. The number of aromatic nitrogens is 1. The van der Waals surface area contributed by atoms with Gasteiger partial charge in [0.2, 0.25) is 0 Å². The second kappa shape index (κ2) is 10.3. The van der Waals surface area contributed by atoms with Crippen LogP contribution in [0.5, 0.6) is 0 Å². The number of alkyl carbamates (subject to hydrolysis) is 1. The first-order valence-electron chi connectivity index (χ1n) is 9.00. The number of para-hydroxylation sites is 1. The van der Waals surface area contributed by atoms with Crippen LogP contribution in [-0.2, 0) is 16.1 Å². The van der Waals surface area contributed by atoms with Gasteiger partial charge in [0.15, 0.2) is 0 Å². The van der Waals surface area contributed by atoms with Crippen molar-refractivity contribution in [3.63, 3.8) is 0 Å². The maximum Gasteiger partial charge on any atom is 0.407 e. The molecule has 1 aromatic heterocycles. The predicted molar refractivity (Wildman–Crippen MR) is 116 cm³/mol. The van der Waals surface area contributed by atoms with Crippen molar-refractivity contribution >= 4 is 39.5 Å². The number of carbonyl (C=O) groups excluding carboxylic acids is 3. The highest BCUT2D eigenvalue weighted by atomic mass is 79.9. The Kier molecular flexibility index (Phi) is 7.23. The second-order valence-corrected chi connectivity index (χ2v) is 7.01. The normalized spacial score (nSPS) is 10.2. The van der Waals surface area contributed by atoms with Crippen LogP contribution >= 0.6 is 15.9 Å². The summed E-state index contributed by atoms with van der Waals surface area (Å²) in [5.41, 5.74) is 4.21. The molecule has 2 aromatic carbocycles. The van der Waals surface area contributed by atoms with Crippen LogP contribution in [0.2, 0.25) is 0 Å². The maximum absolute atomic E-state index is 12.6. The molecule has 3 aromatic rings. The largest absolute Gasteiger partial charge is 0.445 e. The molecule has 0 saturated heterocycles. The number of amides is 3. The third-order valence-electron chi connectivity index (χ3n) is 3.93. The van der Waals surface area contributed by atoms with Crippen molar-refractivity contribution in [1.82, 2.24) is 9.99 Å². The summed E-state index contributed by atoms with van der Waals surface area (Å²) < 4.78 is 6.84. The Labute approximate surface area is 181 Å². The third kappa shape index (κ3) is 5.95. The van der Waals surface area contributed by atoms with Crippen molar-refractivity contribution in [3.8, 4) is 0 Å². The van der Waals surface area contributed by atoms with Gasteiger partial charge in [0.05, 0.1) is 4.47 Å². The molecule has 3 rings (SSSR count). The summed E-state index contributed by atoms with van der Waals surface area (Å²) in [6.07, 6.45) is 0.806. The molecule has 9 heteroatoms. The minimum Gasteiger partial charge on any atom is -0.445 e. The highest BCUT2D eigenvalue weighted by Gasteiger charge is 2.18.